The number of aryl methyl sites for hydroxylation is 1. The normalized spacial score (nSPS) is 19.9. The van der Waals surface area contributed by atoms with Gasteiger partial charge in [0.05, 0.1) is 17.4 Å². The summed E-state index contributed by atoms with van der Waals surface area (Å²) in [7, 11) is 1.90. The van der Waals surface area contributed by atoms with Crippen LogP contribution in [0.5, 0.6) is 0 Å². The van der Waals surface area contributed by atoms with Gasteiger partial charge in [0, 0.05) is 50.8 Å². The number of nitrogens with one attached hydrogen (secondary N) is 1. The van der Waals surface area contributed by atoms with E-state index in [4.69, 9.17) is 0 Å². The summed E-state index contributed by atoms with van der Waals surface area (Å²) in [5, 5.41) is 0. The number of carbonyl (C=O) groups is 3. The van der Waals surface area contributed by atoms with Crippen molar-refractivity contribution in [1.82, 2.24) is 9.88 Å². The highest BCUT2D eigenvalue weighted by Gasteiger charge is 2.39. The number of nitrogens with zero attached hydrogens (tertiary/aromatic N) is 3. The maximum Gasteiger partial charge on any atom is 0.230 e. The summed E-state index contributed by atoms with van der Waals surface area (Å²) in [6, 6.07) is 8.44. The number of hydrogen-bond donors (Lipinski definition) is 1. The van der Waals surface area contributed by atoms with Crippen LogP contribution in [0.1, 0.15) is 51.6 Å². The van der Waals surface area contributed by atoms with Gasteiger partial charge in [0.15, 0.2) is 0 Å². The zero-order chi connectivity index (χ0) is 23.3. The summed E-state index contributed by atoms with van der Waals surface area (Å²) >= 11 is 0. The van der Waals surface area contributed by atoms with Crippen LogP contribution in [0.4, 0.5) is 11.4 Å². The largest absolute Gasteiger partial charge is 0.364 e. The fourth-order valence-corrected chi connectivity index (χ4v) is 4.88. The molecule has 33 heavy (non-hydrogen) atoms. The van der Waals surface area contributed by atoms with Crippen molar-refractivity contribution in [2.75, 3.05) is 23.4 Å². The smallest absolute Gasteiger partial charge is 0.230 e. The van der Waals surface area contributed by atoms with Crippen molar-refractivity contribution in [3.05, 3.63) is 36.2 Å². The molecule has 174 valence electrons. The third kappa shape index (κ3) is 4.28. The first-order chi connectivity index (χ1) is 15.8. The molecular formula is C26H32N4O3. The van der Waals surface area contributed by atoms with E-state index in [-0.39, 0.29) is 29.7 Å². The first-order valence-corrected chi connectivity index (χ1v) is 12.0. The van der Waals surface area contributed by atoms with Crippen molar-refractivity contribution in [1.29, 1.82) is 0 Å². The zero-order valence-electron chi connectivity index (χ0n) is 19.6. The molecule has 3 amide bonds. The van der Waals surface area contributed by atoms with E-state index in [0.717, 1.165) is 53.9 Å². The lowest BCUT2D eigenvalue weighted by molar-refractivity contribution is -0.130. The number of H-pyrrole nitrogens is 1. The lowest BCUT2D eigenvalue weighted by atomic mass is 10.0. The minimum atomic E-state index is -0.0614. The van der Waals surface area contributed by atoms with Crippen molar-refractivity contribution in [2.45, 2.75) is 64.5 Å². The van der Waals surface area contributed by atoms with Gasteiger partial charge in [-0.15, -0.1) is 0 Å². The van der Waals surface area contributed by atoms with E-state index in [2.05, 4.69) is 11.1 Å². The number of aromatic amines is 1. The van der Waals surface area contributed by atoms with Crippen molar-refractivity contribution < 1.29 is 14.4 Å². The number of rotatable bonds is 6. The van der Waals surface area contributed by atoms with Crippen molar-refractivity contribution in [2.24, 2.45) is 5.92 Å². The first-order valence-electron chi connectivity index (χ1n) is 12.0. The predicted molar refractivity (Wildman–Crippen MR) is 128 cm³/mol. The number of aromatic nitrogens is 1. The molecule has 3 aliphatic rings. The molecule has 1 aliphatic heterocycles. The van der Waals surface area contributed by atoms with Crippen molar-refractivity contribution >= 4 is 29.1 Å². The van der Waals surface area contributed by atoms with Crippen LogP contribution >= 0.6 is 0 Å². The van der Waals surface area contributed by atoms with Crippen molar-refractivity contribution in [3.63, 3.8) is 0 Å². The van der Waals surface area contributed by atoms with Crippen LogP contribution in [0.25, 0.3) is 11.1 Å². The molecule has 2 aliphatic carbocycles. The molecule has 1 atom stereocenters. The SMILES string of the molecule is CC(=O)N1c2ccc(-c3c[nH]c(CCC(=O)N(C)C4CC4)c3)cc2N(C(=O)C2CC2)CC1C. The third-order valence-electron chi connectivity index (χ3n) is 7.12. The van der Waals surface area contributed by atoms with Gasteiger partial charge in [-0.25, -0.2) is 0 Å². The summed E-state index contributed by atoms with van der Waals surface area (Å²) < 4.78 is 0. The fourth-order valence-electron chi connectivity index (χ4n) is 4.88. The topological polar surface area (TPSA) is 76.7 Å². The molecule has 0 bridgehead atoms. The molecule has 0 saturated heterocycles. The number of amides is 3. The van der Waals surface area contributed by atoms with Gasteiger partial charge in [-0.2, -0.15) is 0 Å². The Morgan fingerprint density at radius 3 is 2.48 bits per heavy atom. The molecule has 2 saturated carbocycles. The van der Waals surface area contributed by atoms with Crippen LogP contribution in [0.3, 0.4) is 0 Å². The Morgan fingerprint density at radius 2 is 1.82 bits per heavy atom. The lowest BCUT2D eigenvalue weighted by Crippen LogP contribution is -2.51. The van der Waals surface area contributed by atoms with Gasteiger partial charge in [-0.3, -0.25) is 14.4 Å². The van der Waals surface area contributed by atoms with E-state index < -0.39 is 0 Å². The third-order valence-corrected chi connectivity index (χ3v) is 7.12. The summed E-state index contributed by atoms with van der Waals surface area (Å²) in [6.45, 7) is 4.08. The number of benzene rings is 1. The van der Waals surface area contributed by atoms with Gasteiger partial charge in [0.1, 0.15) is 0 Å². The van der Waals surface area contributed by atoms with Crippen LogP contribution in [0.15, 0.2) is 30.5 Å². The molecule has 1 N–H and O–H groups in total. The number of anilines is 2. The number of fused-ring (bicyclic) bond motifs is 1. The van der Waals surface area contributed by atoms with E-state index >= 15 is 0 Å². The Labute approximate surface area is 194 Å². The Bertz CT molecular complexity index is 1100. The molecule has 1 aromatic heterocycles. The number of carbonyl (C=O) groups excluding carboxylic acids is 3. The second-order valence-electron chi connectivity index (χ2n) is 9.81. The molecular weight excluding hydrogens is 416 g/mol. The fraction of sp³-hybridized carbons (Fsp3) is 0.500. The average Bonchev–Trinajstić information content (AvgIpc) is 3.73. The monoisotopic (exact) mass is 448 g/mol. The van der Waals surface area contributed by atoms with E-state index in [9.17, 15) is 14.4 Å². The Balaban J connectivity index is 1.38. The first kappa shape index (κ1) is 21.7. The molecule has 5 rings (SSSR count). The van der Waals surface area contributed by atoms with Crippen LogP contribution in [-0.4, -0.2) is 53.3 Å². The quantitative estimate of drug-likeness (QED) is 0.732. The maximum absolute atomic E-state index is 13.0. The molecule has 2 aromatic rings. The molecule has 1 unspecified atom stereocenters. The molecule has 2 heterocycles. The van der Waals surface area contributed by atoms with Crippen LogP contribution in [0.2, 0.25) is 0 Å². The van der Waals surface area contributed by atoms with Gasteiger partial charge in [0.25, 0.3) is 0 Å². The molecule has 1 aromatic carbocycles. The summed E-state index contributed by atoms with van der Waals surface area (Å²) in [4.78, 5) is 46.6. The van der Waals surface area contributed by atoms with Gasteiger partial charge < -0.3 is 19.7 Å². The highest BCUT2D eigenvalue weighted by atomic mass is 16.2. The van der Waals surface area contributed by atoms with Gasteiger partial charge >= 0.3 is 0 Å². The van der Waals surface area contributed by atoms with E-state index in [0.29, 0.717) is 25.4 Å². The molecule has 0 spiro atoms. The van der Waals surface area contributed by atoms with Gasteiger partial charge in [0.2, 0.25) is 17.7 Å². The van der Waals surface area contributed by atoms with Crippen molar-refractivity contribution in [3.8, 4) is 11.1 Å². The molecule has 7 heteroatoms. The second kappa shape index (κ2) is 8.36. The molecule has 7 nitrogen and oxygen atoms in total. The zero-order valence-corrected chi connectivity index (χ0v) is 19.6. The average molecular weight is 449 g/mol. The van der Waals surface area contributed by atoms with Gasteiger partial charge in [-0.05, 0) is 68.4 Å². The van der Waals surface area contributed by atoms with Crippen LogP contribution in [0, 0.1) is 5.92 Å². The molecule has 0 radical (unpaired) electrons. The van der Waals surface area contributed by atoms with Crippen LogP contribution < -0.4 is 9.80 Å². The Hall–Kier alpha value is -3.09. The summed E-state index contributed by atoms with van der Waals surface area (Å²) in [5.74, 6) is 0.453. The maximum atomic E-state index is 13.0. The second-order valence-corrected chi connectivity index (χ2v) is 9.81. The van der Waals surface area contributed by atoms with E-state index in [1.807, 2.05) is 48.2 Å². The Kier molecular flexibility index (Phi) is 5.51. The standard InChI is InChI=1S/C26H32N4O3/c1-16-15-29(26(33)18-4-5-18)24-13-19(6-10-23(24)30(16)17(2)31)20-12-21(27-14-20)7-11-25(32)28(3)22-8-9-22/h6,10,12-14,16,18,22,27H,4-5,7-9,11,15H2,1-3H3. The van der Waals surface area contributed by atoms with E-state index in [1.165, 1.54) is 0 Å². The molecule has 2 fully saturated rings. The summed E-state index contributed by atoms with van der Waals surface area (Å²) in [6.07, 6.45) is 7.25. The van der Waals surface area contributed by atoms with Gasteiger partial charge in [-0.1, -0.05) is 6.07 Å². The minimum absolute atomic E-state index is 0.0141. The minimum Gasteiger partial charge on any atom is -0.364 e. The number of hydrogen-bond acceptors (Lipinski definition) is 3. The highest BCUT2D eigenvalue weighted by Crippen LogP contribution is 2.42. The van der Waals surface area contributed by atoms with Crippen LogP contribution in [-0.2, 0) is 20.8 Å². The van der Waals surface area contributed by atoms with E-state index in [1.54, 1.807) is 11.8 Å². The Morgan fingerprint density at radius 1 is 1.06 bits per heavy atom. The summed E-state index contributed by atoms with van der Waals surface area (Å²) in [5.41, 5.74) is 4.63. The predicted octanol–water partition coefficient (Wildman–Crippen LogP) is 3.73. The lowest BCUT2D eigenvalue weighted by Gasteiger charge is -2.41. The highest BCUT2D eigenvalue weighted by molar-refractivity contribution is 6.06.